The fourth-order valence-corrected chi connectivity index (χ4v) is 4.08. The number of hydrogen-bond acceptors (Lipinski definition) is 5. The predicted octanol–water partition coefficient (Wildman–Crippen LogP) is 1.30. The molecular formula is C18H22FN3O4S. The highest BCUT2D eigenvalue weighted by Crippen LogP contribution is 2.10. The topological polar surface area (TPSA) is 82.9 Å². The molecule has 1 aliphatic rings. The summed E-state index contributed by atoms with van der Waals surface area (Å²) in [5.41, 5.74) is 0.536. The highest BCUT2D eigenvalue weighted by molar-refractivity contribution is 7.88. The van der Waals surface area contributed by atoms with Crippen molar-refractivity contribution in [2.75, 3.05) is 39.3 Å². The van der Waals surface area contributed by atoms with Crippen molar-refractivity contribution in [3.63, 3.8) is 0 Å². The summed E-state index contributed by atoms with van der Waals surface area (Å²) in [6.45, 7) is 3.34. The molecule has 3 rings (SSSR count). The van der Waals surface area contributed by atoms with E-state index in [4.69, 9.17) is 4.42 Å². The van der Waals surface area contributed by atoms with Crippen molar-refractivity contribution in [1.29, 1.82) is 0 Å². The molecule has 146 valence electrons. The summed E-state index contributed by atoms with van der Waals surface area (Å²) in [5.74, 6) is -0.371. The van der Waals surface area contributed by atoms with Gasteiger partial charge in [0, 0.05) is 39.3 Å². The Labute approximate surface area is 157 Å². The van der Waals surface area contributed by atoms with Crippen LogP contribution in [0.3, 0.4) is 0 Å². The van der Waals surface area contributed by atoms with Crippen molar-refractivity contribution in [1.82, 2.24) is 14.5 Å². The molecule has 1 amide bonds. The summed E-state index contributed by atoms with van der Waals surface area (Å²) in [7, 11) is -3.48. The first-order chi connectivity index (χ1) is 12.9. The van der Waals surface area contributed by atoms with Crippen LogP contribution in [0.15, 0.2) is 47.1 Å². The van der Waals surface area contributed by atoms with Gasteiger partial charge in [0.2, 0.25) is 10.0 Å². The number of nitrogens with one attached hydrogen (secondary N) is 1. The minimum absolute atomic E-state index is 0.125. The molecule has 1 aromatic carbocycles. The highest BCUT2D eigenvalue weighted by Gasteiger charge is 2.23. The minimum atomic E-state index is -3.48. The maximum Gasteiger partial charge on any atom is 0.289 e. The SMILES string of the molecule is O=C(c1ccco1)N1CCN(CCNS(=O)(=O)Cc2ccc(F)cc2)CC1. The Bertz CT molecular complexity index is 845. The van der Waals surface area contributed by atoms with Crippen molar-refractivity contribution in [2.24, 2.45) is 0 Å². The second-order valence-corrected chi connectivity index (χ2v) is 8.20. The van der Waals surface area contributed by atoms with Gasteiger partial charge in [-0.25, -0.2) is 17.5 Å². The van der Waals surface area contributed by atoms with E-state index in [0.717, 1.165) is 0 Å². The number of hydrogen-bond donors (Lipinski definition) is 1. The summed E-state index contributed by atoms with van der Waals surface area (Å²) in [4.78, 5) is 16.0. The maximum absolute atomic E-state index is 12.9. The first-order valence-electron chi connectivity index (χ1n) is 8.70. The third-order valence-electron chi connectivity index (χ3n) is 4.41. The Kier molecular flexibility index (Phi) is 6.25. The lowest BCUT2D eigenvalue weighted by atomic mass is 10.2. The molecule has 0 unspecified atom stereocenters. The van der Waals surface area contributed by atoms with E-state index in [1.807, 2.05) is 0 Å². The number of rotatable bonds is 7. The summed E-state index contributed by atoms with van der Waals surface area (Å²) >= 11 is 0. The Morgan fingerprint density at radius 1 is 1.11 bits per heavy atom. The van der Waals surface area contributed by atoms with Crippen molar-refractivity contribution < 1.29 is 22.0 Å². The monoisotopic (exact) mass is 395 g/mol. The first kappa shape index (κ1) is 19.5. The van der Waals surface area contributed by atoms with Gasteiger partial charge in [0.05, 0.1) is 12.0 Å². The zero-order chi connectivity index (χ0) is 19.3. The summed E-state index contributed by atoms with van der Waals surface area (Å²) in [6.07, 6.45) is 1.47. The van der Waals surface area contributed by atoms with E-state index in [9.17, 15) is 17.6 Å². The van der Waals surface area contributed by atoms with Gasteiger partial charge < -0.3 is 9.32 Å². The molecule has 1 aromatic heterocycles. The van der Waals surface area contributed by atoms with E-state index in [-0.39, 0.29) is 18.2 Å². The number of sulfonamides is 1. The summed E-state index contributed by atoms with van der Waals surface area (Å²) in [6, 6.07) is 8.74. The van der Waals surface area contributed by atoms with Crippen LogP contribution in [0, 0.1) is 5.82 Å². The van der Waals surface area contributed by atoms with Gasteiger partial charge in [-0.05, 0) is 29.8 Å². The van der Waals surface area contributed by atoms with E-state index < -0.39 is 15.8 Å². The van der Waals surface area contributed by atoms with Crippen molar-refractivity contribution in [3.05, 3.63) is 59.8 Å². The molecule has 0 saturated carbocycles. The lowest BCUT2D eigenvalue weighted by Crippen LogP contribution is -2.50. The van der Waals surface area contributed by atoms with Crippen LogP contribution in [0.1, 0.15) is 16.1 Å². The second-order valence-electron chi connectivity index (χ2n) is 6.39. The molecule has 0 bridgehead atoms. The van der Waals surface area contributed by atoms with Crippen LogP contribution in [0.5, 0.6) is 0 Å². The summed E-state index contributed by atoms with van der Waals surface area (Å²) in [5, 5.41) is 0. The number of amides is 1. The van der Waals surface area contributed by atoms with Crippen LogP contribution in [-0.4, -0.2) is 63.4 Å². The third-order valence-corrected chi connectivity index (χ3v) is 5.77. The molecule has 1 saturated heterocycles. The van der Waals surface area contributed by atoms with Gasteiger partial charge in [-0.1, -0.05) is 12.1 Å². The molecule has 0 spiro atoms. The van der Waals surface area contributed by atoms with Crippen LogP contribution in [0.2, 0.25) is 0 Å². The summed E-state index contributed by atoms with van der Waals surface area (Å²) < 4.78 is 44.8. The average molecular weight is 395 g/mol. The van der Waals surface area contributed by atoms with Gasteiger partial charge in [0.15, 0.2) is 5.76 Å². The van der Waals surface area contributed by atoms with Gasteiger partial charge in [-0.3, -0.25) is 9.69 Å². The van der Waals surface area contributed by atoms with Gasteiger partial charge >= 0.3 is 0 Å². The third kappa shape index (κ3) is 5.62. The van der Waals surface area contributed by atoms with E-state index in [1.54, 1.807) is 17.0 Å². The van der Waals surface area contributed by atoms with Gasteiger partial charge in [0.25, 0.3) is 5.91 Å². The molecule has 1 fully saturated rings. The maximum atomic E-state index is 12.9. The Balaban J connectivity index is 1.39. The number of piperazine rings is 1. The van der Waals surface area contributed by atoms with E-state index >= 15 is 0 Å². The van der Waals surface area contributed by atoms with Gasteiger partial charge in [0.1, 0.15) is 5.82 Å². The van der Waals surface area contributed by atoms with Gasteiger partial charge in [-0.15, -0.1) is 0 Å². The number of halogens is 1. The quantitative estimate of drug-likeness (QED) is 0.764. The van der Waals surface area contributed by atoms with Crippen molar-refractivity contribution in [3.8, 4) is 0 Å². The zero-order valence-corrected chi connectivity index (χ0v) is 15.6. The van der Waals surface area contributed by atoms with Crippen LogP contribution < -0.4 is 4.72 Å². The molecule has 9 heteroatoms. The Hall–Kier alpha value is -2.23. The first-order valence-corrected chi connectivity index (χ1v) is 10.3. The minimum Gasteiger partial charge on any atom is -0.459 e. The number of carbonyl (C=O) groups is 1. The van der Waals surface area contributed by atoms with E-state index in [2.05, 4.69) is 9.62 Å². The number of benzene rings is 1. The number of nitrogens with zero attached hydrogens (tertiary/aromatic N) is 2. The molecule has 0 atom stereocenters. The average Bonchev–Trinajstić information content (AvgIpc) is 3.18. The zero-order valence-electron chi connectivity index (χ0n) is 14.8. The highest BCUT2D eigenvalue weighted by atomic mass is 32.2. The normalized spacial score (nSPS) is 15.8. The molecule has 0 aliphatic carbocycles. The standard InChI is InChI=1S/C18H22FN3O4S/c19-16-5-3-15(4-6-16)14-27(24,25)20-7-8-21-9-11-22(12-10-21)18(23)17-2-1-13-26-17/h1-6,13,20H,7-12,14H2. The molecule has 27 heavy (non-hydrogen) atoms. The van der Waals surface area contributed by atoms with E-state index in [1.165, 1.54) is 30.5 Å². The van der Waals surface area contributed by atoms with Crippen LogP contribution >= 0.6 is 0 Å². The molecule has 1 N–H and O–H groups in total. The predicted molar refractivity (Wildman–Crippen MR) is 98.1 cm³/mol. The van der Waals surface area contributed by atoms with Crippen LogP contribution in [0.25, 0.3) is 0 Å². The molecule has 2 aromatic rings. The fourth-order valence-electron chi connectivity index (χ4n) is 2.94. The number of carbonyl (C=O) groups excluding carboxylic acids is 1. The lowest BCUT2D eigenvalue weighted by molar-refractivity contribution is 0.0609. The van der Waals surface area contributed by atoms with Crippen molar-refractivity contribution in [2.45, 2.75) is 5.75 Å². The van der Waals surface area contributed by atoms with E-state index in [0.29, 0.717) is 44.0 Å². The fraction of sp³-hybridized carbons (Fsp3) is 0.389. The second kappa shape index (κ2) is 8.64. The molecule has 7 nitrogen and oxygen atoms in total. The van der Waals surface area contributed by atoms with Crippen LogP contribution in [0.4, 0.5) is 4.39 Å². The molecule has 1 aliphatic heterocycles. The van der Waals surface area contributed by atoms with Crippen molar-refractivity contribution >= 4 is 15.9 Å². The smallest absolute Gasteiger partial charge is 0.289 e. The largest absolute Gasteiger partial charge is 0.459 e. The molecule has 2 heterocycles. The Morgan fingerprint density at radius 2 is 1.81 bits per heavy atom. The Morgan fingerprint density at radius 3 is 2.44 bits per heavy atom. The van der Waals surface area contributed by atoms with Crippen LogP contribution in [-0.2, 0) is 15.8 Å². The number of furan rings is 1. The molecular weight excluding hydrogens is 373 g/mol. The molecule has 0 radical (unpaired) electrons. The van der Waals surface area contributed by atoms with Gasteiger partial charge in [-0.2, -0.15) is 0 Å². The lowest BCUT2D eigenvalue weighted by Gasteiger charge is -2.34.